The number of allylic oxidation sites excluding steroid dienone is 1. The SMILES string of the molecule is C#CCCCC1(CCCCCCCCC(=O)N[C@@H](CO[C@@H]2O[C@H](CO)[C@H](O)[C@H](O)[C@H]2O)[C@H](O)/C=C/CCCCCCCCCCCCC)N=N1. The lowest BCUT2D eigenvalue weighted by atomic mass is 9.98. The molecule has 0 aliphatic carbocycles. The first kappa shape index (κ1) is 44.3. The lowest BCUT2D eigenvalue weighted by molar-refractivity contribution is -0.302. The predicted octanol–water partition coefficient (Wildman–Crippen LogP) is 5.99. The molecule has 0 saturated carbocycles. The summed E-state index contributed by atoms with van der Waals surface area (Å²) in [6.07, 6.45) is 25.4. The molecule has 288 valence electrons. The van der Waals surface area contributed by atoms with Gasteiger partial charge in [-0.3, -0.25) is 4.79 Å². The minimum atomic E-state index is -1.58. The number of nitrogens with one attached hydrogen (secondary N) is 1. The number of carbonyl (C=O) groups excluding carboxylic acids is 1. The molecule has 11 nitrogen and oxygen atoms in total. The van der Waals surface area contributed by atoms with Crippen LogP contribution in [0.25, 0.3) is 0 Å². The zero-order valence-corrected chi connectivity index (χ0v) is 30.8. The fraction of sp³-hybridized carbons (Fsp3) is 0.872. The second-order valence-corrected chi connectivity index (χ2v) is 14.3. The van der Waals surface area contributed by atoms with E-state index in [9.17, 15) is 30.3 Å². The van der Waals surface area contributed by atoms with Gasteiger partial charge < -0.3 is 40.3 Å². The van der Waals surface area contributed by atoms with Gasteiger partial charge in [0.25, 0.3) is 0 Å². The van der Waals surface area contributed by atoms with E-state index in [0.29, 0.717) is 6.42 Å². The van der Waals surface area contributed by atoms with Crippen molar-refractivity contribution in [2.45, 2.75) is 203 Å². The van der Waals surface area contributed by atoms with E-state index < -0.39 is 49.5 Å². The Bertz CT molecular complexity index is 981. The largest absolute Gasteiger partial charge is 0.394 e. The summed E-state index contributed by atoms with van der Waals surface area (Å²) in [6, 6.07) is -0.824. The zero-order valence-electron chi connectivity index (χ0n) is 30.8. The molecule has 7 atom stereocenters. The van der Waals surface area contributed by atoms with Gasteiger partial charge in [0.2, 0.25) is 5.91 Å². The molecule has 11 heteroatoms. The van der Waals surface area contributed by atoms with Crippen molar-refractivity contribution in [1.82, 2.24) is 5.32 Å². The Hall–Kier alpha value is -1.91. The van der Waals surface area contributed by atoms with Crippen LogP contribution in [0.4, 0.5) is 0 Å². The molecule has 0 aromatic carbocycles. The second kappa shape index (κ2) is 26.8. The number of hydrogen-bond donors (Lipinski definition) is 6. The van der Waals surface area contributed by atoms with Crippen LogP contribution in [0.1, 0.15) is 155 Å². The van der Waals surface area contributed by atoms with Gasteiger partial charge in [0.15, 0.2) is 12.0 Å². The lowest BCUT2D eigenvalue weighted by Gasteiger charge is -2.40. The van der Waals surface area contributed by atoms with Gasteiger partial charge in [0.05, 0.1) is 25.4 Å². The highest BCUT2D eigenvalue weighted by atomic mass is 16.7. The number of terminal acetylenes is 1. The summed E-state index contributed by atoms with van der Waals surface area (Å²) in [5, 5.41) is 62.4. The van der Waals surface area contributed by atoms with Crippen LogP contribution in [0.5, 0.6) is 0 Å². The van der Waals surface area contributed by atoms with Crippen LogP contribution in [0.15, 0.2) is 22.4 Å². The zero-order chi connectivity index (χ0) is 36.5. The molecule has 2 aliphatic heterocycles. The van der Waals surface area contributed by atoms with Gasteiger partial charge in [-0.1, -0.05) is 109 Å². The van der Waals surface area contributed by atoms with Crippen LogP contribution in [0.2, 0.25) is 0 Å². The average molecular weight is 708 g/mol. The number of aliphatic hydroxyl groups is 5. The molecular formula is C39H69N3O8. The van der Waals surface area contributed by atoms with Gasteiger partial charge in [-0.2, -0.15) is 10.2 Å². The molecule has 0 spiro atoms. The summed E-state index contributed by atoms with van der Waals surface area (Å²) < 4.78 is 11.1. The number of nitrogens with zero attached hydrogens (tertiary/aromatic N) is 2. The highest BCUT2D eigenvalue weighted by Crippen LogP contribution is 2.38. The standard InChI is InChI=1S/C39H69N3O8/c1-3-5-7-8-9-10-11-12-13-14-15-18-21-25-32(44)31(30-49-38-37(48)36(47)35(46)33(29-43)50-38)40-34(45)26-22-19-16-17-20-24-28-39(41-42-39)27-23-6-4-2/h2,21,25,31-33,35-38,43-44,46-48H,3,5-20,22-24,26-30H2,1H3,(H,40,45)/b25-21+/t31-,32+,33+,35-,36-,37+,38+/m0/s1. The summed E-state index contributed by atoms with van der Waals surface area (Å²) >= 11 is 0. The number of carbonyl (C=O) groups is 1. The van der Waals surface area contributed by atoms with Gasteiger partial charge in [0.1, 0.15) is 24.4 Å². The van der Waals surface area contributed by atoms with Crippen molar-refractivity contribution in [1.29, 1.82) is 0 Å². The molecule has 1 amide bonds. The predicted molar refractivity (Wildman–Crippen MR) is 195 cm³/mol. The van der Waals surface area contributed by atoms with Crippen molar-refractivity contribution in [3.8, 4) is 12.3 Å². The summed E-state index contributed by atoms with van der Waals surface area (Å²) in [4.78, 5) is 12.9. The van der Waals surface area contributed by atoms with Crippen molar-refractivity contribution in [2.75, 3.05) is 13.2 Å². The number of ether oxygens (including phenoxy) is 2. The molecule has 1 fully saturated rings. The maximum Gasteiger partial charge on any atom is 0.220 e. The number of hydrogen-bond acceptors (Lipinski definition) is 10. The van der Waals surface area contributed by atoms with Crippen LogP contribution in [0.3, 0.4) is 0 Å². The van der Waals surface area contributed by atoms with E-state index in [1.165, 1.54) is 57.8 Å². The van der Waals surface area contributed by atoms with Crippen LogP contribution in [0, 0.1) is 12.3 Å². The van der Waals surface area contributed by atoms with Gasteiger partial charge in [-0.05, 0) is 44.9 Å². The fourth-order valence-electron chi connectivity index (χ4n) is 6.47. The molecule has 50 heavy (non-hydrogen) atoms. The monoisotopic (exact) mass is 708 g/mol. The van der Waals surface area contributed by atoms with Crippen LogP contribution in [-0.2, 0) is 14.3 Å². The quantitative estimate of drug-likeness (QED) is 0.0290. The topological polar surface area (TPSA) is 173 Å². The van der Waals surface area contributed by atoms with Gasteiger partial charge in [0, 0.05) is 12.8 Å². The Morgan fingerprint density at radius 2 is 1.44 bits per heavy atom. The van der Waals surface area contributed by atoms with Crippen molar-refractivity contribution >= 4 is 5.91 Å². The summed E-state index contributed by atoms with van der Waals surface area (Å²) in [5.41, 5.74) is -0.176. The third-order valence-corrected chi connectivity index (χ3v) is 9.87. The van der Waals surface area contributed by atoms with Gasteiger partial charge in [-0.15, -0.1) is 12.3 Å². The van der Waals surface area contributed by atoms with Crippen LogP contribution in [-0.4, -0.2) is 93.2 Å². The molecule has 6 N–H and O–H groups in total. The molecule has 0 radical (unpaired) electrons. The van der Waals surface area contributed by atoms with Crippen molar-refractivity contribution in [3.05, 3.63) is 12.2 Å². The number of rotatable bonds is 31. The molecule has 0 bridgehead atoms. The molecule has 0 unspecified atom stereocenters. The molecule has 2 rings (SSSR count). The minimum Gasteiger partial charge on any atom is -0.394 e. The first-order valence-corrected chi connectivity index (χ1v) is 19.7. The second-order valence-electron chi connectivity index (χ2n) is 14.3. The van der Waals surface area contributed by atoms with Gasteiger partial charge >= 0.3 is 0 Å². The molecule has 0 aromatic rings. The Kier molecular flexibility index (Phi) is 23.7. The highest BCUT2D eigenvalue weighted by Gasteiger charge is 2.44. The summed E-state index contributed by atoms with van der Waals surface area (Å²) in [6.45, 7) is 1.46. The van der Waals surface area contributed by atoms with E-state index >= 15 is 0 Å². The number of amides is 1. The number of aliphatic hydroxyl groups excluding tert-OH is 5. The first-order chi connectivity index (χ1) is 24.3. The maximum atomic E-state index is 12.9. The third-order valence-electron chi connectivity index (χ3n) is 9.87. The number of unbranched alkanes of at least 4 members (excludes halogenated alkanes) is 17. The summed E-state index contributed by atoms with van der Waals surface area (Å²) in [5.74, 6) is 2.46. The van der Waals surface area contributed by atoms with Crippen LogP contribution < -0.4 is 5.32 Å². The van der Waals surface area contributed by atoms with Crippen molar-refractivity contribution < 1.29 is 39.8 Å². The smallest absolute Gasteiger partial charge is 0.220 e. The molecule has 2 heterocycles. The molecule has 0 aromatic heterocycles. The van der Waals surface area contributed by atoms with Crippen LogP contribution >= 0.6 is 0 Å². The highest BCUT2D eigenvalue weighted by molar-refractivity contribution is 5.76. The first-order valence-electron chi connectivity index (χ1n) is 19.7. The van der Waals surface area contributed by atoms with E-state index in [1.807, 2.05) is 6.08 Å². The molecule has 2 aliphatic rings. The van der Waals surface area contributed by atoms with E-state index in [-0.39, 0.29) is 18.2 Å². The minimum absolute atomic E-state index is 0.176. The average Bonchev–Trinajstić information content (AvgIpc) is 3.89. The molecule has 1 saturated heterocycles. The Morgan fingerprint density at radius 3 is 2.04 bits per heavy atom. The fourth-order valence-corrected chi connectivity index (χ4v) is 6.47. The summed E-state index contributed by atoms with van der Waals surface area (Å²) in [7, 11) is 0. The lowest BCUT2D eigenvalue weighted by Crippen LogP contribution is -2.60. The maximum absolute atomic E-state index is 12.9. The Balaban J connectivity index is 1.72. The van der Waals surface area contributed by atoms with E-state index in [0.717, 1.165) is 83.5 Å². The normalized spacial score (nSPS) is 23.9. The van der Waals surface area contributed by atoms with Gasteiger partial charge in [-0.25, -0.2) is 0 Å². The molecular weight excluding hydrogens is 638 g/mol. The Morgan fingerprint density at radius 1 is 0.860 bits per heavy atom. The van der Waals surface area contributed by atoms with E-state index in [2.05, 4.69) is 28.4 Å². The Labute approximate surface area is 301 Å². The van der Waals surface area contributed by atoms with Crippen molar-refractivity contribution in [3.63, 3.8) is 0 Å². The van der Waals surface area contributed by atoms with E-state index in [1.54, 1.807) is 6.08 Å². The van der Waals surface area contributed by atoms with E-state index in [4.69, 9.17) is 15.9 Å². The third kappa shape index (κ3) is 18.5. The van der Waals surface area contributed by atoms with Crippen molar-refractivity contribution in [2.24, 2.45) is 10.2 Å².